The fourth-order valence-corrected chi connectivity index (χ4v) is 1.44. The number of aromatic nitrogens is 1. The third kappa shape index (κ3) is 6.12. The van der Waals surface area contributed by atoms with Crippen molar-refractivity contribution in [1.82, 2.24) is 4.98 Å². The Kier molecular flexibility index (Phi) is 7.14. The predicted molar refractivity (Wildman–Crippen MR) is 72.6 cm³/mol. The lowest BCUT2D eigenvalue weighted by Crippen LogP contribution is -2.07. The second-order valence-corrected chi connectivity index (χ2v) is 3.83. The number of hydrogen-bond acceptors (Lipinski definition) is 4. The smallest absolute Gasteiger partial charge is 0.127 e. The summed E-state index contributed by atoms with van der Waals surface area (Å²) in [6.45, 7) is 7.65. The van der Waals surface area contributed by atoms with Gasteiger partial charge in [-0.1, -0.05) is 6.92 Å². The zero-order valence-electron chi connectivity index (χ0n) is 10.8. The molecule has 0 radical (unpaired) electrons. The van der Waals surface area contributed by atoms with Gasteiger partial charge >= 0.3 is 0 Å². The van der Waals surface area contributed by atoms with Crippen molar-refractivity contribution in [1.29, 1.82) is 0 Å². The van der Waals surface area contributed by atoms with Gasteiger partial charge in [-0.3, -0.25) is 0 Å². The molecule has 4 heteroatoms. The van der Waals surface area contributed by atoms with Crippen LogP contribution in [0, 0.1) is 0 Å². The maximum absolute atomic E-state index is 5.28. The molecule has 0 aromatic carbocycles. The normalized spacial score (nSPS) is 10.2. The Morgan fingerprint density at radius 2 is 2.12 bits per heavy atom. The van der Waals surface area contributed by atoms with Crippen LogP contribution in [0.15, 0.2) is 18.3 Å². The molecule has 0 aliphatic carbocycles. The average Bonchev–Trinajstić information content (AvgIpc) is 2.37. The fourth-order valence-electron chi connectivity index (χ4n) is 1.44. The molecular formula is C13H23N3O. The van der Waals surface area contributed by atoms with Crippen LogP contribution in [0.25, 0.3) is 0 Å². The molecule has 0 atom stereocenters. The van der Waals surface area contributed by atoms with Crippen molar-refractivity contribution in [3.05, 3.63) is 18.3 Å². The molecule has 0 amide bonds. The molecule has 0 aliphatic heterocycles. The maximum Gasteiger partial charge on any atom is 0.127 e. The highest BCUT2D eigenvalue weighted by atomic mass is 16.5. The molecule has 1 rings (SSSR count). The molecular weight excluding hydrogens is 214 g/mol. The summed E-state index contributed by atoms with van der Waals surface area (Å²) < 4.78 is 5.28. The summed E-state index contributed by atoms with van der Waals surface area (Å²) in [6.07, 6.45) is 3.95. The monoisotopic (exact) mass is 237 g/mol. The minimum atomic E-state index is 0.792. The number of ether oxygens (including phenoxy) is 1. The highest BCUT2D eigenvalue weighted by Crippen LogP contribution is 2.11. The molecule has 1 aromatic heterocycles. The van der Waals surface area contributed by atoms with E-state index < -0.39 is 0 Å². The third-order valence-electron chi connectivity index (χ3n) is 2.31. The van der Waals surface area contributed by atoms with Gasteiger partial charge in [0, 0.05) is 44.3 Å². The topological polar surface area (TPSA) is 46.2 Å². The molecule has 1 heterocycles. The highest BCUT2D eigenvalue weighted by molar-refractivity contribution is 5.51. The van der Waals surface area contributed by atoms with Crippen molar-refractivity contribution in [3.8, 4) is 0 Å². The van der Waals surface area contributed by atoms with E-state index >= 15 is 0 Å². The van der Waals surface area contributed by atoms with E-state index in [4.69, 9.17) is 4.74 Å². The van der Waals surface area contributed by atoms with E-state index in [0.717, 1.165) is 50.7 Å². The van der Waals surface area contributed by atoms with E-state index in [0.29, 0.717) is 0 Å². The molecule has 4 nitrogen and oxygen atoms in total. The third-order valence-corrected chi connectivity index (χ3v) is 2.31. The van der Waals surface area contributed by atoms with Crippen LogP contribution in [0.4, 0.5) is 11.5 Å². The zero-order chi connectivity index (χ0) is 12.3. The molecule has 0 aliphatic rings. The van der Waals surface area contributed by atoms with Crippen molar-refractivity contribution in [3.63, 3.8) is 0 Å². The Bertz CT molecular complexity index is 304. The Labute approximate surface area is 104 Å². The molecule has 0 fully saturated rings. The summed E-state index contributed by atoms with van der Waals surface area (Å²) in [5, 5.41) is 6.63. The lowest BCUT2D eigenvalue weighted by molar-refractivity contribution is 0.147. The van der Waals surface area contributed by atoms with Gasteiger partial charge in [-0.15, -0.1) is 0 Å². The van der Waals surface area contributed by atoms with E-state index in [1.165, 1.54) is 0 Å². The molecule has 96 valence electrons. The van der Waals surface area contributed by atoms with Gasteiger partial charge in [0.1, 0.15) is 5.82 Å². The highest BCUT2D eigenvalue weighted by Gasteiger charge is 1.95. The van der Waals surface area contributed by atoms with Crippen molar-refractivity contribution < 1.29 is 4.74 Å². The summed E-state index contributed by atoms with van der Waals surface area (Å²) in [5.41, 5.74) is 1.11. The second kappa shape index (κ2) is 8.82. The molecule has 0 saturated carbocycles. The first kappa shape index (κ1) is 13.8. The first-order valence-corrected chi connectivity index (χ1v) is 6.38. The van der Waals surface area contributed by atoms with E-state index in [-0.39, 0.29) is 0 Å². The Morgan fingerprint density at radius 1 is 1.24 bits per heavy atom. The van der Waals surface area contributed by atoms with Gasteiger partial charge in [-0.2, -0.15) is 0 Å². The minimum absolute atomic E-state index is 0.792. The van der Waals surface area contributed by atoms with Gasteiger partial charge in [0.2, 0.25) is 0 Å². The maximum atomic E-state index is 5.28. The van der Waals surface area contributed by atoms with Gasteiger partial charge in [-0.05, 0) is 25.8 Å². The molecule has 0 saturated heterocycles. The first-order chi connectivity index (χ1) is 8.36. The van der Waals surface area contributed by atoms with Crippen LogP contribution in [-0.4, -0.2) is 31.3 Å². The van der Waals surface area contributed by atoms with E-state index in [1.54, 1.807) is 0 Å². The van der Waals surface area contributed by atoms with Gasteiger partial charge in [0.15, 0.2) is 0 Å². The molecule has 17 heavy (non-hydrogen) atoms. The van der Waals surface area contributed by atoms with Gasteiger partial charge < -0.3 is 15.4 Å². The van der Waals surface area contributed by atoms with E-state index in [2.05, 4.69) is 22.5 Å². The van der Waals surface area contributed by atoms with Crippen molar-refractivity contribution >= 4 is 11.5 Å². The predicted octanol–water partition coefficient (Wildman–Crippen LogP) is 2.74. The Hall–Kier alpha value is -1.29. The summed E-state index contributed by atoms with van der Waals surface area (Å²) in [7, 11) is 0. The number of anilines is 2. The molecule has 0 unspecified atom stereocenters. The Balaban J connectivity index is 2.27. The van der Waals surface area contributed by atoms with Crippen LogP contribution in [0.3, 0.4) is 0 Å². The summed E-state index contributed by atoms with van der Waals surface area (Å²) in [6, 6.07) is 4.02. The van der Waals surface area contributed by atoms with E-state index in [9.17, 15) is 0 Å². The lowest BCUT2D eigenvalue weighted by Gasteiger charge is -2.08. The Morgan fingerprint density at radius 3 is 2.88 bits per heavy atom. The standard InChI is InChI=1S/C13H23N3O/c1-3-7-15-13-11-12(6-9-16-13)14-8-5-10-17-4-2/h6,9,11H,3-5,7-8,10H2,1-2H3,(H2,14,15,16). The van der Waals surface area contributed by atoms with Gasteiger partial charge in [-0.25, -0.2) is 4.98 Å². The van der Waals surface area contributed by atoms with Crippen molar-refractivity contribution in [2.24, 2.45) is 0 Å². The molecule has 1 aromatic rings. The number of pyridine rings is 1. The zero-order valence-corrected chi connectivity index (χ0v) is 10.8. The lowest BCUT2D eigenvalue weighted by atomic mass is 10.3. The quantitative estimate of drug-likeness (QED) is 0.648. The van der Waals surface area contributed by atoms with Crippen molar-refractivity contribution in [2.45, 2.75) is 26.7 Å². The molecule has 0 bridgehead atoms. The molecule has 0 spiro atoms. The summed E-state index contributed by atoms with van der Waals surface area (Å²) in [5.74, 6) is 0.932. The number of nitrogens with one attached hydrogen (secondary N) is 2. The number of hydrogen-bond donors (Lipinski definition) is 2. The first-order valence-electron chi connectivity index (χ1n) is 6.38. The van der Waals surface area contributed by atoms with Crippen LogP contribution in [-0.2, 0) is 4.74 Å². The summed E-state index contributed by atoms with van der Waals surface area (Å²) in [4.78, 5) is 4.26. The van der Waals surface area contributed by atoms with Crippen LogP contribution in [0.1, 0.15) is 26.7 Å². The summed E-state index contributed by atoms with van der Waals surface area (Å²) >= 11 is 0. The van der Waals surface area contributed by atoms with Gasteiger partial charge in [0.05, 0.1) is 0 Å². The number of nitrogens with zero attached hydrogens (tertiary/aromatic N) is 1. The average molecular weight is 237 g/mol. The minimum Gasteiger partial charge on any atom is -0.385 e. The van der Waals surface area contributed by atoms with Gasteiger partial charge in [0.25, 0.3) is 0 Å². The SMILES string of the molecule is CCCNc1cc(NCCCOCC)ccn1. The molecule has 2 N–H and O–H groups in total. The second-order valence-electron chi connectivity index (χ2n) is 3.83. The van der Waals surface area contributed by atoms with Crippen LogP contribution in [0.2, 0.25) is 0 Å². The fraction of sp³-hybridized carbons (Fsp3) is 0.615. The van der Waals surface area contributed by atoms with E-state index in [1.807, 2.05) is 25.3 Å². The largest absolute Gasteiger partial charge is 0.385 e. The van der Waals surface area contributed by atoms with Crippen LogP contribution in [0.5, 0.6) is 0 Å². The van der Waals surface area contributed by atoms with Crippen LogP contribution < -0.4 is 10.6 Å². The van der Waals surface area contributed by atoms with Crippen LogP contribution >= 0.6 is 0 Å². The number of rotatable bonds is 9. The van der Waals surface area contributed by atoms with Crippen molar-refractivity contribution in [2.75, 3.05) is 36.9 Å².